The molecule has 0 unspecified atom stereocenters. The topological polar surface area (TPSA) is 61.4 Å². The van der Waals surface area contributed by atoms with Crippen molar-refractivity contribution in [3.63, 3.8) is 0 Å². The monoisotopic (exact) mass is 310 g/mol. The zero-order valence-electron chi connectivity index (χ0n) is 13.9. The van der Waals surface area contributed by atoms with Gasteiger partial charge in [0.2, 0.25) is 0 Å². The van der Waals surface area contributed by atoms with E-state index in [2.05, 4.69) is 10.6 Å². The van der Waals surface area contributed by atoms with Crippen LogP contribution in [0, 0.1) is 11.2 Å². The molecular formula is C17H27FN2O2. The van der Waals surface area contributed by atoms with Crippen LogP contribution in [0.3, 0.4) is 0 Å². The van der Waals surface area contributed by atoms with E-state index in [-0.39, 0.29) is 23.9 Å². The van der Waals surface area contributed by atoms with E-state index < -0.39 is 5.41 Å². The summed E-state index contributed by atoms with van der Waals surface area (Å²) in [6, 6.07) is 6.32. The van der Waals surface area contributed by atoms with E-state index in [0.29, 0.717) is 25.1 Å². The Hall–Kier alpha value is -1.62. The summed E-state index contributed by atoms with van der Waals surface area (Å²) in [7, 11) is 0. The number of nitrogens with one attached hydrogen (secondary N) is 2. The van der Waals surface area contributed by atoms with Crippen molar-refractivity contribution < 1.29 is 14.3 Å². The van der Waals surface area contributed by atoms with E-state index in [4.69, 9.17) is 5.11 Å². The number of carbonyl (C=O) groups is 1. The van der Waals surface area contributed by atoms with Crippen molar-refractivity contribution in [1.29, 1.82) is 0 Å². The van der Waals surface area contributed by atoms with Crippen LogP contribution >= 0.6 is 0 Å². The molecule has 0 radical (unpaired) electrons. The molecule has 2 amide bonds. The fraction of sp³-hybridized carbons (Fsp3) is 0.588. The summed E-state index contributed by atoms with van der Waals surface area (Å²) in [6.45, 7) is 8.64. The number of hydrogen-bond donors (Lipinski definition) is 3. The lowest BCUT2D eigenvalue weighted by atomic mass is 9.84. The summed E-state index contributed by atoms with van der Waals surface area (Å²) in [4.78, 5) is 11.9. The summed E-state index contributed by atoms with van der Waals surface area (Å²) >= 11 is 0. The Morgan fingerprint density at radius 3 is 2.32 bits per heavy atom. The van der Waals surface area contributed by atoms with Gasteiger partial charge in [0.1, 0.15) is 5.82 Å². The summed E-state index contributed by atoms with van der Waals surface area (Å²) in [6.07, 6.45) is 0.619. The van der Waals surface area contributed by atoms with Crippen LogP contribution in [-0.2, 0) is 5.41 Å². The second-order valence-corrected chi connectivity index (χ2v) is 7.04. The van der Waals surface area contributed by atoms with E-state index in [0.717, 1.165) is 0 Å². The Balaban J connectivity index is 2.51. The first-order valence-corrected chi connectivity index (χ1v) is 7.55. The van der Waals surface area contributed by atoms with Gasteiger partial charge in [0.15, 0.2) is 0 Å². The molecule has 0 atom stereocenters. The van der Waals surface area contributed by atoms with Crippen LogP contribution in [0.25, 0.3) is 0 Å². The second kappa shape index (κ2) is 7.58. The van der Waals surface area contributed by atoms with Gasteiger partial charge in [-0.1, -0.05) is 45.9 Å². The molecule has 4 nitrogen and oxygen atoms in total. The lowest BCUT2D eigenvalue weighted by molar-refractivity contribution is 0.200. The Bertz CT molecular complexity index is 501. The van der Waals surface area contributed by atoms with Crippen molar-refractivity contribution in [3.8, 4) is 0 Å². The molecule has 0 bridgehead atoms. The molecule has 0 aliphatic rings. The third-order valence-electron chi connectivity index (χ3n) is 3.81. The lowest BCUT2D eigenvalue weighted by Crippen LogP contribution is -2.45. The standard InChI is InChI=1S/C17H27FN2O2/c1-16(2,9-10-21)11-19-15(22)20-12-17(3,4)13-7-5-6-8-14(13)18/h5-8,21H,9-12H2,1-4H3,(H2,19,20,22). The van der Waals surface area contributed by atoms with Gasteiger partial charge in [-0.2, -0.15) is 0 Å². The van der Waals surface area contributed by atoms with E-state index in [9.17, 15) is 9.18 Å². The van der Waals surface area contributed by atoms with Crippen molar-refractivity contribution >= 4 is 6.03 Å². The predicted molar refractivity (Wildman–Crippen MR) is 86.3 cm³/mol. The summed E-state index contributed by atoms with van der Waals surface area (Å²) in [5.41, 5.74) is -0.0768. The average molecular weight is 310 g/mol. The maximum atomic E-state index is 13.8. The van der Waals surface area contributed by atoms with Gasteiger partial charge in [0.25, 0.3) is 0 Å². The number of aliphatic hydroxyl groups is 1. The molecule has 0 heterocycles. The third-order valence-corrected chi connectivity index (χ3v) is 3.81. The highest BCUT2D eigenvalue weighted by molar-refractivity contribution is 5.74. The van der Waals surface area contributed by atoms with Gasteiger partial charge in [-0.05, 0) is 23.5 Å². The van der Waals surface area contributed by atoms with Crippen LogP contribution in [0.15, 0.2) is 24.3 Å². The minimum absolute atomic E-state index is 0.0939. The molecule has 124 valence electrons. The minimum atomic E-state index is -0.497. The molecule has 1 rings (SSSR count). The molecule has 0 saturated carbocycles. The molecule has 0 saturated heterocycles. The van der Waals surface area contributed by atoms with Crippen LogP contribution < -0.4 is 10.6 Å². The normalized spacial score (nSPS) is 12.1. The Kier molecular flexibility index (Phi) is 6.35. The number of urea groups is 1. The highest BCUT2D eigenvalue weighted by Gasteiger charge is 2.25. The SMILES string of the molecule is CC(C)(CCO)CNC(=O)NCC(C)(C)c1ccccc1F. The van der Waals surface area contributed by atoms with Crippen molar-refractivity contribution in [2.75, 3.05) is 19.7 Å². The first kappa shape index (κ1) is 18.4. The largest absolute Gasteiger partial charge is 0.396 e. The average Bonchev–Trinajstić information content (AvgIpc) is 2.43. The quantitative estimate of drug-likeness (QED) is 0.725. The molecule has 0 spiro atoms. The molecular weight excluding hydrogens is 283 g/mol. The first-order chi connectivity index (χ1) is 10.2. The zero-order chi connectivity index (χ0) is 16.8. The summed E-state index contributed by atoms with van der Waals surface area (Å²) in [5.74, 6) is -0.265. The molecule has 1 aromatic rings. The Labute approximate surface area is 132 Å². The van der Waals surface area contributed by atoms with Crippen LogP contribution in [-0.4, -0.2) is 30.8 Å². The highest BCUT2D eigenvalue weighted by Crippen LogP contribution is 2.24. The van der Waals surface area contributed by atoms with E-state index in [1.807, 2.05) is 27.7 Å². The number of halogens is 1. The number of hydrogen-bond acceptors (Lipinski definition) is 2. The molecule has 1 aromatic carbocycles. The van der Waals surface area contributed by atoms with Crippen LogP contribution in [0.5, 0.6) is 0 Å². The Morgan fingerprint density at radius 1 is 1.14 bits per heavy atom. The molecule has 0 aliphatic carbocycles. The number of carbonyl (C=O) groups excluding carboxylic acids is 1. The zero-order valence-corrected chi connectivity index (χ0v) is 13.9. The molecule has 5 heteroatoms. The Morgan fingerprint density at radius 2 is 1.73 bits per heavy atom. The number of amides is 2. The number of rotatable bonds is 7. The van der Waals surface area contributed by atoms with E-state index in [1.165, 1.54) is 6.07 Å². The first-order valence-electron chi connectivity index (χ1n) is 7.55. The van der Waals surface area contributed by atoms with Crippen LogP contribution in [0.4, 0.5) is 9.18 Å². The highest BCUT2D eigenvalue weighted by atomic mass is 19.1. The number of benzene rings is 1. The van der Waals surface area contributed by atoms with E-state index >= 15 is 0 Å². The van der Waals surface area contributed by atoms with Gasteiger partial charge in [-0.25, -0.2) is 9.18 Å². The smallest absolute Gasteiger partial charge is 0.314 e. The predicted octanol–water partition coefficient (Wildman–Crippen LogP) is 2.81. The van der Waals surface area contributed by atoms with Crippen LogP contribution in [0.1, 0.15) is 39.7 Å². The van der Waals surface area contributed by atoms with E-state index in [1.54, 1.807) is 18.2 Å². The van der Waals surface area contributed by atoms with Crippen molar-refractivity contribution in [2.24, 2.45) is 5.41 Å². The fourth-order valence-electron chi connectivity index (χ4n) is 2.18. The lowest BCUT2D eigenvalue weighted by Gasteiger charge is -2.27. The van der Waals surface area contributed by atoms with Gasteiger partial charge in [-0.3, -0.25) is 0 Å². The van der Waals surface area contributed by atoms with Crippen molar-refractivity contribution in [3.05, 3.63) is 35.6 Å². The fourth-order valence-corrected chi connectivity index (χ4v) is 2.18. The van der Waals surface area contributed by atoms with Crippen molar-refractivity contribution in [1.82, 2.24) is 10.6 Å². The number of aliphatic hydroxyl groups excluding tert-OH is 1. The van der Waals surface area contributed by atoms with Gasteiger partial charge < -0.3 is 15.7 Å². The molecule has 0 aromatic heterocycles. The third kappa shape index (κ3) is 5.64. The van der Waals surface area contributed by atoms with Gasteiger partial charge in [0.05, 0.1) is 0 Å². The summed E-state index contributed by atoms with van der Waals surface area (Å²) < 4.78 is 13.8. The minimum Gasteiger partial charge on any atom is -0.396 e. The van der Waals surface area contributed by atoms with Gasteiger partial charge in [0, 0.05) is 25.1 Å². The molecule has 0 aliphatic heterocycles. The maximum absolute atomic E-state index is 13.8. The maximum Gasteiger partial charge on any atom is 0.314 e. The molecule has 22 heavy (non-hydrogen) atoms. The van der Waals surface area contributed by atoms with Crippen molar-refractivity contribution in [2.45, 2.75) is 39.5 Å². The van der Waals surface area contributed by atoms with Gasteiger partial charge in [-0.15, -0.1) is 0 Å². The second-order valence-electron chi connectivity index (χ2n) is 7.04. The van der Waals surface area contributed by atoms with Gasteiger partial charge >= 0.3 is 6.03 Å². The molecule has 0 fully saturated rings. The van der Waals surface area contributed by atoms with Crippen LogP contribution in [0.2, 0.25) is 0 Å². The molecule has 3 N–H and O–H groups in total. The summed E-state index contributed by atoms with van der Waals surface area (Å²) in [5, 5.41) is 14.5.